The molecule has 2 rings (SSSR count). The summed E-state index contributed by atoms with van der Waals surface area (Å²) in [5.74, 6) is 0.737. The molecule has 1 fully saturated rings. The minimum absolute atomic E-state index is 0. The summed E-state index contributed by atoms with van der Waals surface area (Å²) in [5, 5.41) is 7.40. The Morgan fingerprint density at radius 1 is 1.48 bits per heavy atom. The number of aromatic nitrogens is 2. The van der Waals surface area contributed by atoms with Gasteiger partial charge in [-0.25, -0.2) is 0 Å². The van der Waals surface area contributed by atoms with Crippen LogP contribution in [0.2, 0.25) is 0 Å². The van der Waals surface area contributed by atoms with E-state index in [0.717, 1.165) is 11.5 Å². The van der Waals surface area contributed by atoms with Gasteiger partial charge in [0.05, 0.1) is 19.3 Å². The molecule has 0 radical (unpaired) electrons. The molecule has 11 heteroatoms. The third-order valence-corrected chi connectivity index (χ3v) is 3.77. The van der Waals surface area contributed by atoms with E-state index in [2.05, 4.69) is 25.0 Å². The Hall–Kier alpha value is -1.08. The Labute approximate surface area is 174 Å². The Morgan fingerprint density at radius 2 is 2.26 bits per heavy atom. The number of hydrogen-bond acceptors (Lipinski definition) is 4. The Morgan fingerprint density at radius 3 is 2.89 bits per heavy atom. The average molecular weight is 505 g/mol. The summed E-state index contributed by atoms with van der Waals surface area (Å²) in [6.45, 7) is 3.80. The van der Waals surface area contributed by atoms with Crippen LogP contribution in [0.4, 0.5) is 13.2 Å². The second-order valence-electron chi connectivity index (χ2n) is 6.01. The number of hydrogen-bond donors (Lipinski definition) is 1. The number of guanidine groups is 1. The Bertz CT molecular complexity index is 583. The van der Waals surface area contributed by atoms with Gasteiger partial charge < -0.3 is 19.7 Å². The van der Waals surface area contributed by atoms with Crippen LogP contribution >= 0.6 is 24.0 Å². The smallest absolute Gasteiger partial charge is 0.372 e. The highest BCUT2D eigenvalue weighted by atomic mass is 127. The standard InChI is InChI=1S/C16H26F3N5O2.HI/c1-3-20-15(21-5-4-7-25-12-16(17,18)19)24-6-8-26-14(11-24)13-9-22-23(2)10-13;/h9-10,14H,3-8,11-12H2,1-2H3,(H,20,21);1H. The first-order chi connectivity index (χ1) is 12.4. The summed E-state index contributed by atoms with van der Waals surface area (Å²) in [5.41, 5.74) is 1.01. The van der Waals surface area contributed by atoms with Gasteiger partial charge in [-0.15, -0.1) is 24.0 Å². The van der Waals surface area contributed by atoms with Crippen molar-refractivity contribution >= 4 is 29.9 Å². The molecule has 0 saturated carbocycles. The molecular weight excluding hydrogens is 478 g/mol. The number of aryl methyl sites for hydroxylation is 1. The van der Waals surface area contributed by atoms with Crippen LogP contribution in [0.25, 0.3) is 0 Å². The first-order valence-corrected chi connectivity index (χ1v) is 8.67. The van der Waals surface area contributed by atoms with E-state index in [1.807, 2.05) is 20.2 Å². The van der Waals surface area contributed by atoms with Gasteiger partial charge in [-0.1, -0.05) is 0 Å². The molecule has 1 unspecified atom stereocenters. The van der Waals surface area contributed by atoms with Crippen LogP contribution < -0.4 is 5.32 Å². The molecule has 2 heterocycles. The van der Waals surface area contributed by atoms with Crippen molar-refractivity contribution < 1.29 is 22.6 Å². The largest absolute Gasteiger partial charge is 0.411 e. The van der Waals surface area contributed by atoms with E-state index in [1.165, 1.54) is 0 Å². The number of ether oxygens (including phenoxy) is 2. The molecule has 0 spiro atoms. The highest BCUT2D eigenvalue weighted by Crippen LogP contribution is 2.21. The number of nitrogens with zero attached hydrogens (tertiary/aromatic N) is 4. The van der Waals surface area contributed by atoms with Crippen molar-refractivity contribution in [1.82, 2.24) is 20.0 Å². The molecule has 1 atom stereocenters. The van der Waals surface area contributed by atoms with E-state index in [1.54, 1.807) is 10.9 Å². The van der Waals surface area contributed by atoms with Crippen LogP contribution in [0, 0.1) is 0 Å². The molecular formula is C16H27F3IN5O2. The van der Waals surface area contributed by atoms with E-state index < -0.39 is 12.8 Å². The lowest BCUT2D eigenvalue weighted by Gasteiger charge is -2.34. The predicted octanol–water partition coefficient (Wildman–Crippen LogP) is 2.35. The van der Waals surface area contributed by atoms with Gasteiger partial charge in [0.1, 0.15) is 12.7 Å². The molecule has 27 heavy (non-hydrogen) atoms. The lowest BCUT2D eigenvalue weighted by atomic mass is 10.1. The minimum atomic E-state index is -4.28. The molecule has 0 amide bonds. The van der Waals surface area contributed by atoms with Crippen LogP contribution in [0.15, 0.2) is 17.4 Å². The zero-order valence-electron chi connectivity index (χ0n) is 15.5. The second-order valence-corrected chi connectivity index (χ2v) is 6.01. The minimum Gasteiger partial charge on any atom is -0.372 e. The SMILES string of the molecule is CCNC(=NCCCOCC(F)(F)F)N1CCOC(c2cnn(C)c2)C1.I. The topological polar surface area (TPSA) is 63.9 Å². The van der Waals surface area contributed by atoms with Crippen molar-refractivity contribution in [3.05, 3.63) is 18.0 Å². The van der Waals surface area contributed by atoms with Gasteiger partial charge in [0.2, 0.25) is 0 Å². The Kier molecular flexibility index (Phi) is 10.4. The molecule has 0 aromatic carbocycles. The molecule has 0 bridgehead atoms. The van der Waals surface area contributed by atoms with Crippen molar-refractivity contribution in [3.8, 4) is 0 Å². The summed E-state index contributed by atoms with van der Waals surface area (Å²) in [4.78, 5) is 6.60. The maximum absolute atomic E-state index is 12.0. The van der Waals surface area contributed by atoms with Gasteiger partial charge >= 0.3 is 6.18 Å². The lowest BCUT2D eigenvalue weighted by molar-refractivity contribution is -0.173. The summed E-state index contributed by atoms with van der Waals surface area (Å²) in [6, 6.07) is 0. The average Bonchev–Trinajstić information content (AvgIpc) is 3.02. The van der Waals surface area contributed by atoms with Gasteiger partial charge in [-0.2, -0.15) is 18.3 Å². The van der Waals surface area contributed by atoms with Gasteiger partial charge in [0.15, 0.2) is 5.96 Å². The number of morpholine rings is 1. The van der Waals surface area contributed by atoms with Gasteiger partial charge in [-0.05, 0) is 13.3 Å². The maximum Gasteiger partial charge on any atom is 0.411 e. The summed E-state index contributed by atoms with van der Waals surface area (Å²) >= 11 is 0. The fourth-order valence-electron chi connectivity index (χ4n) is 2.62. The van der Waals surface area contributed by atoms with Gasteiger partial charge in [-0.3, -0.25) is 9.67 Å². The van der Waals surface area contributed by atoms with E-state index in [4.69, 9.17) is 4.74 Å². The third-order valence-electron chi connectivity index (χ3n) is 3.77. The van der Waals surface area contributed by atoms with E-state index in [0.29, 0.717) is 39.2 Å². The van der Waals surface area contributed by atoms with Gasteiger partial charge in [0, 0.05) is 45.0 Å². The fraction of sp³-hybridized carbons (Fsp3) is 0.750. The third kappa shape index (κ3) is 8.64. The van der Waals surface area contributed by atoms with E-state index in [9.17, 15) is 13.2 Å². The number of alkyl halides is 3. The molecule has 1 aromatic heterocycles. The molecule has 1 aliphatic heterocycles. The lowest BCUT2D eigenvalue weighted by Crippen LogP contribution is -2.48. The maximum atomic E-state index is 12.0. The first-order valence-electron chi connectivity index (χ1n) is 8.67. The predicted molar refractivity (Wildman–Crippen MR) is 106 cm³/mol. The van der Waals surface area contributed by atoms with Crippen LogP contribution in [-0.2, 0) is 16.5 Å². The molecule has 7 nitrogen and oxygen atoms in total. The molecule has 1 aromatic rings. The zero-order valence-corrected chi connectivity index (χ0v) is 17.9. The second kappa shape index (κ2) is 11.7. The number of halogens is 4. The van der Waals surface area contributed by atoms with Crippen molar-refractivity contribution in [1.29, 1.82) is 0 Å². The zero-order chi connectivity index (χ0) is 19.0. The summed E-state index contributed by atoms with van der Waals surface area (Å²) in [6.07, 6.45) is -0.224. The van der Waals surface area contributed by atoms with E-state index in [-0.39, 0.29) is 36.7 Å². The van der Waals surface area contributed by atoms with Gasteiger partial charge in [0.25, 0.3) is 0 Å². The molecule has 156 valence electrons. The first kappa shape index (κ1) is 24.0. The van der Waals surface area contributed by atoms with E-state index >= 15 is 0 Å². The number of rotatable bonds is 7. The molecule has 1 aliphatic rings. The van der Waals surface area contributed by atoms with Crippen molar-refractivity contribution in [2.45, 2.75) is 25.6 Å². The summed E-state index contributed by atoms with van der Waals surface area (Å²) in [7, 11) is 1.86. The number of nitrogens with one attached hydrogen (secondary N) is 1. The van der Waals surface area contributed by atoms with Crippen LogP contribution in [0.3, 0.4) is 0 Å². The number of aliphatic imine (C=N–C) groups is 1. The molecule has 1 saturated heterocycles. The monoisotopic (exact) mass is 505 g/mol. The van der Waals surface area contributed by atoms with Crippen LogP contribution in [0.1, 0.15) is 25.0 Å². The highest BCUT2D eigenvalue weighted by molar-refractivity contribution is 14.0. The van der Waals surface area contributed by atoms with Crippen LogP contribution in [0.5, 0.6) is 0 Å². The highest BCUT2D eigenvalue weighted by Gasteiger charge is 2.27. The molecule has 0 aliphatic carbocycles. The van der Waals surface area contributed by atoms with Crippen molar-refractivity contribution in [2.75, 3.05) is 46.0 Å². The van der Waals surface area contributed by atoms with Crippen molar-refractivity contribution in [3.63, 3.8) is 0 Å². The Balaban J connectivity index is 0.00000364. The molecule has 1 N–H and O–H groups in total. The quantitative estimate of drug-likeness (QED) is 0.267. The normalized spacial score (nSPS) is 18.3. The fourth-order valence-corrected chi connectivity index (χ4v) is 2.62. The van der Waals surface area contributed by atoms with Crippen molar-refractivity contribution in [2.24, 2.45) is 12.0 Å². The van der Waals surface area contributed by atoms with Crippen LogP contribution in [-0.4, -0.2) is 72.8 Å². The summed E-state index contributed by atoms with van der Waals surface area (Å²) < 4.78 is 48.2.